The highest BCUT2D eigenvalue weighted by Crippen LogP contribution is 2.29. The number of ether oxygens (including phenoxy) is 1. The zero-order chi connectivity index (χ0) is 23.3. The van der Waals surface area contributed by atoms with Crippen molar-refractivity contribution in [1.82, 2.24) is 14.9 Å². The first kappa shape index (κ1) is 23.2. The zero-order valence-electron chi connectivity index (χ0n) is 17.2. The van der Waals surface area contributed by atoms with Crippen LogP contribution in [0.5, 0.6) is 5.75 Å². The fraction of sp³-hybridized carbons (Fsp3) is 0.238. The van der Waals surface area contributed by atoms with Crippen molar-refractivity contribution in [3.05, 3.63) is 60.2 Å². The third-order valence-electron chi connectivity index (χ3n) is 4.15. The predicted octanol–water partition coefficient (Wildman–Crippen LogP) is 5.04. The lowest BCUT2D eigenvalue weighted by Gasteiger charge is -2.14. The van der Waals surface area contributed by atoms with Crippen LogP contribution in [-0.4, -0.2) is 48.4 Å². The van der Waals surface area contributed by atoms with Crippen LogP contribution >= 0.6 is 0 Å². The van der Waals surface area contributed by atoms with Crippen LogP contribution in [0.4, 0.5) is 39.4 Å². The molecule has 0 saturated heterocycles. The van der Waals surface area contributed by atoms with Gasteiger partial charge in [-0.15, -0.1) is 13.2 Å². The van der Waals surface area contributed by atoms with Gasteiger partial charge in [-0.3, -0.25) is 0 Å². The van der Waals surface area contributed by atoms with E-state index in [0.29, 0.717) is 18.7 Å². The molecule has 6 nitrogen and oxygen atoms in total. The van der Waals surface area contributed by atoms with Crippen molar-refractivity contribution in [2.75, 3.05) is 37.8 Å². The molecule has 0 saturated carbocycles. The van der Waals surface area contributed by atoms with Crippen LogP contribution in [0.2, 0.25) is 0 Å². The molecular formula is C21H20F5N5O. The largest absolute Gasteiger partial charge is 0.573 e. The number of nitrogens with zero attached hydrogens (tertiary/aromatic N) is 3. The van der Waals surface area contributed by atoms with Crippen LogP contribution in [-0.2, 0) is 0 Å². The smallest absolute Gasteiger partial charge is 0.406 e. The molecule has 11 heteroatoms. The van der Waals surface area contributed by atoms with E-state index in [0.717, 1.165) is 12.1 Å². The van der Waals surface area contributed by atoms with E-state index in [-0.39, 0.29) is 23.1 Å². The molecule has 0 radical (unpaired) electrons. The molecule has 0 atom stereocenters. The van der Waals surface area contributed by atoms with Gasteiger partial charge in [-0.05, 0) is 38.4 Å². The number of rotatable bonds is 8. The van der Waals surface area contributed by atoms with Gasteiger partial charge in [-0.25, -0.2) is 13.8 Å². The van der Waals surface area contributed by atoms with E-state index in [9.17, 15) is 22.0 Å². The highest BCUT2D eigenvalue weighted by molar-refractivity contribution is 5.68. The lowest BCUT2D eigenvalue weighted by atomic mass is 10.1. The molecule has 0 aliphatic carbocycles. The Kier molecular flexibility index (Phi) is 7.08. The second kappa shape index (κ2) is 9.77. The lowest BCUT2D eigenvalue weighted by molar-refractivity contribution is -0.274. The summed E-state index contributed by atoms with van der Waals surface area (Å²) in [6, 6.07) is 10.3. The topological polar surface area (TPSA) is 62.3 Å². The molecule has 32 heavy (non-hydrogen) atoms. The Morgan fingerprint density at radius 2 is 1.75 bits per heavy atom. The number of hydrogen-bond acceptors (Lipinski definition) is 6. The summed E-state index contributed by atoms with van der Waals surface area (Å²) in [4.78, 5) is 10.5. The molecule has 170 valence electrons. The van der Waals surface area contributed by atoms with Crippen molar-refractivity contribution in [2.24, 2.45) is 0 Å². The number of nitrogens with one attached hydrogen (secondary N) is 2. The van der Waals surface area contributed by atoms with E-state index in [1.807, 2.05) is 19.0 Å². The fourth-order valence-corrected chi connectivity index (χ4v) is 2.72. The molecule has 1 heterocycles. The average molecular weight is 453 g/mol. The van der Waals surface area contributed by atoms with Crippen molar-refractivity contribution in [3.63, 3.8) is 0 Å². The number of benzene rings is 2. The number of aromatic nitrogens is 2. The van der Waals surface area contributed by atoms with Gasteiger partial charge in [0.05, 0.1) is 11.4 Å². The summed E-state index contributed by atoms with van der Waals surface area (Å²) >= 11 is 0. The Hall–Kier alpha value is -3.47. The minimum atomic E-state index is -4.84. The van der Waals surface area contributed by atoms with E-state index >= 15 is 0 Å². The molecule has 0 spiro atoms. The second-order valence-electron chi connectivity index (χ2n) is 6.99. The summed E-state index contributed by atoms with van der Waals surface area (Å²) in [6.45, 7) is 1.13. The van der Waals surface area contributed by atoms with E-state index in [4.69, 9.17) is 0 Å². The van der Waals surface area contributed by atoms with Crippen molar-refractivity contribution >= 4 is 17.5 Å². The monoisotopic (exact) mass is 453 g/mol. The highest BCUT2D eigenvalue weighted by Gasteiger charge is 2.31. The van der Waals surface area contributed by atoms with Gasteiger partial charge in [-0.2, -0.15) is 4.98 Å². The van der Waals surface area contributed by atoms with Gasteiger partial charge in [0.2, 0.25) is 5.95 Å². The first-order valence-corrected chi connectivity index (χ1v) is 9.45. The maximum Gasteiger partial charge on any atom is 0.573 e. The Morgan fingerprint density at radius 1 is 1.00 bits per heavy atom. The van der Waals surface area contributed by atoms with Crippen LogP contribution in [0, 0.1) is 11.6 Å². The third-order valence-corrected chi connectivity index (χ3v) is 4.15. The van der Waals surface area contributed by atoms with E-state index < -0.39 is 23.7 Å². The summed E-state index contributed by atoms with van der Waals surface area (Å²) < 4.78 is 69.4. The summed E-state index contributed by atoms with van der Waals surface area (Å²) in [5.41, 5.74) is 0.412. The summed E-state index contributed by atoms with van der Waals surface area (Å²) in [7, 11) is 3.76. The van der Waals surface area contributed by atoms with Crippen LogP contribution in [0.1, 0.15) is 0 Å². The first-order chi connectivity index (χ1) is 15.1. The zero-order valence-corrected chi connectivity index (χ0v) is 17.2. The summed E-state index contributed by atoms with van der Waals surface area (Å²) in [5, 5.41) is 5.70. The molecular weight excluding hydrogens is 433 g/mol. The van der Waals surface area contributed by atoms with Crippen LogP contribution in [0.15, 0.2) is 48.5 Å². The van der Waals surface area contributed by atoms with Crippen molar-refractivity contribution in [1.29, 1.82) is 0 Å². The number of hydrogen-bond donors (Lipinski definition) is 2. The van der Waals surface area contributed by atoms with Gasteiger partial charge in [0.15, 0.2) is 11.6 Å². The van der Waals surface area contributed by atoms with Gasteiger partial charge in [0.25, 0.3) is 0 Å². The number of halogens is 5. The molecule has 0 bridgehead atoms. The number of anilines is 3. The predicted molar refractivity (Wildman–Crippen MR) is 111 cm³/mol. The Balaban J connectivity index is 1.96. The van der Waals surface area contributed by atoms with E-state index in [2.05, 4.69) is 25.3 Å². The van der Waals surface area contributed by atoms with Crippen LogP contribution in [0.3, 0.4) is 0 Å². The summed E-state index contributed by atoms with van der Waals surface area (Å²) in [6.07, 6.45) is -4.84. The lowest BCUT2D eigenvalue weighted by Crippen LogP contribution is -2.21. The Bertz CT molecular complexity index is 1070. The molecule has 2 N–H and O–H groups in total. The SMILES string of the molecule is CN(C)CCNc1nc(Nc2cccc(F)c2F)cc(-c2cccc(OC(F)(F)F)c2)n1. The Morgan fingerprint density at radius 3 is 2.47 bits per heavy atom. The molecule has 0 unspecified atom stereocenters. The van der Waals surface area contributed by atoms with Gasteiger partial charge >= 0.3 is 6.36 Å². The molecule has 0 amide bonds. The third kappa shape index (κ3) is 6.51. The molecule has 2 aromatic carbocycles. The average Bonchev–Trinajstić information content (AvgIpc) is 2.70. The molecule has 3 rings (SSSR count). The van der Waals surface area contributed by atoms with Gasteiger partial charge in [-0.1, -0.05) is 18.2 Å². The molecule has 0 aliphatic rings. The van der Waals surface area contributed by atoms with Crippen molar-refractivity contribution in [3.8, 4) is 17.0 Å². The van der Waals surface area contributed by atoms with Crippen LogP contribution in [0.25, 0.3) is 11.3 Å². The Labute approximate surface area is 181 Å². The molecule has 0 aliphatic heterocycles. The standard InChI is InChI=1S/C21H20F5N5O/c1-31(2)10-9-27-20-29-17(13-5-3-6-14(11-13)32-21(24,25)26)12-18(30-20)28-16-8-4-7-15(22)19(16)23/h3-8,11-12H,9-10H2,1-2H3,(H2,27,28,29,30). The maximum atomic E-state index is 14.1. The van der Waals surface area contributed by atoms with Gasteiger partial charge in [0.1, 0.15) is 11.6 Å². The molecule has 3 aromatic rings. The van der Waals surface area contributed by atoms with Crippen molar-refractivity contribution in [2.45, 2.75) is 6.36 Å². The normalized spacial score (nSPS) is 11.5. The first-order valence-electron chi connectivity index (χ1n) is 9.45. The molecule has 1 aromatic heterocycles. The summed E-state index contributed by atoms with van der Waals surface area (Å²) in [5.74, 6) is -2.26. The maximum absolute atomic E-state index is 14.1. The number of likely N-dealkylation sites (N-methyl/N-ethyl adjacent to an activating group) is 1. The highest BCUT2D eigenvalue weighted by atomic mass is 19.4. The van der Waals surface area contributed by atoms with Gasteiger partial charge in [0, 0.05) is 24.7 Å². The minimum Gasteiger partial charge on any atom is -0.406 e. The quantitative estimate of drug-likeness (QED) is 0.466. The van der Waals surface area contributed by atoms with Crippen molar-refractivity contribution < 1.29 is 26.7 Å². The minimum absolute atomic E-state index is 0.119. The van der Waals surface area contributed by atoms with Gasteiger partial charge < -0.3 is 20.3 Å². The molecule has 0 fully saturated rings. The fourth-order valence-electron chi connectivity index (χ4n) is 2.72. The van der Waals surface area contributed by atoms with Crippen LogP contribution < -0.4 is 15.4 Å². The van der Waals surface area contributed by atoms with E-state index in [1.165, 1.54) is 30.3 Å². The van der Waals surface area contributed by atoms with E-state index in [1.54, 1.807) is 6.07 Å². The number of alkyl halides is 3. The second-order valence-corrected chi connectivity index (χ2v) is 6.99.